The summed E-state index contributed by atoms with van der Waals surface area (Å²) < 4.78 is 37.6. The molecule has 1 saturated heterocycles. The number of nitrogens with one attached hydrogen (secondary N) is 1. The highest BCUT2D eigenvalue weighted by atomic mass is 32.2. The van der Waals surface area contributed by atoms with E-state index in [1.807, 2.05) is 24.0 Å². The normalized spacial score (nSPS) is 27.8. The van der Waals surface area contributed by atoms with Crippen LogP contribution in [0.1, 0.15) is 38.7 Å². The Hall–Kier alpha value is -1.63. The number of aliphatic imine (C=N–C) groups is 1. The van der Waals surface area contributed by atoms with Crippen molar-refractivity contribution < 1.29 is 12.8 Å². The number of halogens is 1. The minimum Gasteiger partial charge on any atom is -0.353 e. The van der Waals surface area contributed by atoms with Gasteiger partial charge in [0.25, 0.3) is 0 Å². The first-order chi connectivity index (χ1) is 11.7. The molecule has 0 aromatic heterocycles. The lowest BCUT2D eigenvalue weighted by Crippen LogP contribution is -2.57. The lowest BCUT2D eigenvalue weighted by atomic mass is 10.1. The summed E-state index contributed by atoms with van der Waals surface area (Å²) in [6.07, 6.45) is 0.860. The molecule has 1 aliphatic carbocycles. The molecule has 1 heterocycles. The van der Waals surface area contributed by atoms with Crippen molar-refractivity contribution in [3.05, 3.63) is 35.6 Å². The van der Waals surface area contributed by atoms with E-state index in [0.29, 0.717) is 19.6 Å². The first kappa shape index (κ1) is 18.2. The average molecular weight is 367 g/mol. The van der Waals surface area contributed by atoms with Gasteiger partial charge in [-0.15, -0.1) is 0 Å². The van der Waals surface area contributed by atoms with Crippen LogP contribution in [-0.2, 0) is 9.84 Å². The van der Waals surface area contributed by atoms with Crippen LogP contribution < -0.4 is 5.32 Å². The maximum absolute atomic E-state index is 13.9. The highest BCUT2D eigenvalue weighted by Crippen LogP contribution is 2.42. The molecule has 1 aromatic rings. The summed E-state index contributed by atoms with van der Waals surface area (Å²) in [7, 11) is -3.09. The number of sulfone groups is 1. The maximum Gasteiger partial charge on any atom is 0.194 e. The van der Waals surface area contributed by atoms with Crippen LogP contribution in [-0.4, -0.2) is 55.5 Å². The minimum atomic E-state index is -3.09. The van der Waals surface area contributed by atoms with Crippen LogP contribution in [0.15, 0.2) is 29.3 Å². The molecule has 25 heavy (non-hydrogen) atoms. The second-order valence-corrected chi connectivity index (χ2v) is 10.2. The van der Waals surface area contributed by atoms with Crippen molar-refractivity contribution in [1.29, 1.82) is 0 Å². The number of hydrogen-bond acceptors (Lipinski definition) is 3. The molecule has 0 amide bonds. The predicted molar refractivity (Wildman–Crippen MR) is 98.1 cm³/mol. The van der Waals surface area contributed by atoms with E-state index in [0.717, 1.165) is 17.9 Å². The zero-order valence-corrected chi connectivity index (χ0v) is 15.8. The van der Waals surface area contributed by atoms with Crippen molar-refractivity contribution in [3.63, 3.8) is 0 Å². The average Bonchev–Trinajstić information content (AvgIpc) is 3.29. The van der Waals surface area contributed by atoms with Gasteiger partial charge in [0, 0.05) is 31.6 Å². The SMILES string of the molecule is CCN=C(NC1CC1c1ccccc1F)N1CCS(=O)(=O)C(C)(C)C1. The van der Waals surface area contributed by atoms with Gasteiger partial charge in [-0.3, -0.25) is 4.99 Å². The molecule has 1 aromatic carbocycles. The third-order valence-corrected chi connectivity index (χ3v) is 7.59. The molecule has 3 rings (SSSR count). The lowest BCUT2D eigenvalue weighted by Gasteiger charge is -2.39. The monoisotopic (exact) mass is 367 g/mol. The van der Waals surface area contributed by atoms with E-state index in [9.17, 15) is 12.8 Å². The van der Waals surface area contributed by atoms with Crippen LogP contribution in [0.2, 0.25) is 0 Å². The van der Waals surface area contributed by atoms with Crippen molar-refractivity contribution in [2.24, 2.45) is 4.99 Å². The van der Waals surface area contributed by atoms with Gasteiger partial charge < -0.3 is 10.2 Å². The van der Waals surface area contributed by atoms with E-state index in [1.165, 1.54) is 6.07 Å². The molecule has 1 N–H and O–H groups in total. The highest BCUT2D eigenvalue weighted by molar-refractivity contribution is 7.92. The molecule has 2 fully saturated rings. The van der Waals surface area contributed by atoms with Gasteiger partial charge in [0.15, 0.2) is 15.8 Å². The standard InChI is InChI=1S/C18H26FN3O2S/c1-4-20-17(22-9-10-25(23,24)18(2,3)12-22)21-16-11-14(16)13-7-5-6-8-15(13)19/h5-8,14,16H,4,9-12H2,1-3H3,(H,20,21). The topological polar surface area (TPSA) is 61.8 Å². The fraction of sp³-hybridized carbons (Fsp3) is 0.611. The molecule has 1 saturated carbocycles. The maximum atomic E-state index is 13.9. The molecule has 1 aliphatic heterocycles. The van der Waals surface area contributed by atoms with Gasteiger partial charge >= 0.3 is 0 Å². The number of hydrogen-bond donors (Lipinski definition) is 1. The van der Waals surface area contributed by atoms with E-state index < -0.39 is 14.6 Å². The summed E-state index contributed by atoms with van der Waals surface area (Å²) in [4.78, 5) is 6.55. The molecule has 2 atom stereocenters. The summed E-state index contributed by atoms with van der Waals surface area (Å²) in [5.41, 5.74) is 0.734. The second kappa shape index (κ2) is 6.59. The van der Waals surface area contributed by atoms with Gasteiger partial charge in [-0.25, -0.2) is 12.8 Å². The molecule has 7 heteroatoms. The second-order valence-electron chi connectivity index (χ2n) is 7.41. The van der Waals surface area contributed by atoms with Crippen molar-refractivity contribution in [3.8, 4) is 0 Å². The fourth-order valence-electron chi connectivity index (χ4n) is 3.35. The quantitative estimate of drug-likeness (QED) is 0.657. The third-order valence-electron chi connectivity index (χ3n) is 5.06. The molecule has 0 bridgehead atoms. The van der Waals surface area contributed by atoms with Crippen LogP contribution in [0.4, 0.5) is 4.39 Å². The zero-order chi connectivity index (χ0) is 18.2. The minimum absolute atomic E-state index is 0.131. The Morgan fingerprint density at radius 1 is 1.40 bits per heavy atom. The van der Waals surface area contributed by atoms with Crippen molar-refractivity contribution >= 4 is 15.8 Å². The third kappa shape index (κ3) is 3.66. The van der Waals surface area contributed by atoms with Crippen molar-refractivity contribution in [1.82, 2.24) is 10.2 Å². The van der Waals surface area contributed by atoms with Crippen molar-refractivity contribution in [2.75, 3.05) is 25.4 Å². The Labute approximate surface area is 149 Å². The van der Waals surface area contributed by atoms with Gasteiger partial charge in [0.2, 0.25) is 0 Å². The smallest absolute Gasteiger partial charge is 0.194 e. The summed E-state index contributed by atoms with van der Waals surface area (Å²) in [5.74, 6) is 0.835. The first-order valence-corrected chi connectivity index (χ1v) is 10.4. The fourth-order valence-corrected chi connectivity index (χ4v) is 4.72. The van der Waals surface area contributed by atoms with Gasteiger partial charge in [-0.1, -0.05) is 18.2 Å². The first-order valence-electron chi connectivity index (χ1n) is 8.78. The summed E-state index contributed by atoms with van der Waals surface area (Å²) in [5, 5.41) is 3.42. The Kier molecular flexibility index (Phi) is 4.79. The molecule has 5 nitrogen and oxygen atoms in total. The summed E-state index contributed by atoms with van der Waals surface area (Å²) >= 11 is 0. The Morgan fingerprint density at radius 2 is 2.12 bits per heavy atom. The molecule has 2 aliphatic rings. The predicted octanol–water partition coefficient (Wildman–Crippen LogP) is 2.16. The number of rotatable bonds is 3. The van der Waals surface area contributed by atoms with Gasteiger partial charge in [-0.05, 0) is 38.8 Å². The molecule has 0 radical (unpaired) electrons. The van der Waals surface area contributed by atoms with Crippen LogP contribution >= 0.6 is 0 Å². The van der Waals surface area contributed by atoms with E-state index in [4.69, 9.17) is 0 Å². The van der Waals surface area contributed by atoms with E-state index in [-0.39, 0.29) is 23.5 Å². The summed E-state index contributed by atoms with van der Waals surface area (Å²) in [6, 6.07) is 7.01. The molecular formula is C18H26FN3O2S. The van der Waals surface area contributed by atoms with Crippen molar-refractivity contribution in [2.45, 2.75) is 43.9 Å². The van der Waals surface area contributed by atoms with Gasteiger partial charge in [0.05, 0.1) is 10.5 Å². The molecule has 0 spiro atoms. The van der Waals surface area contributed by atoms with Gasteiger partial charge in [-0.2, -0.15) is 0 Å². The number of benzene rings is 1. The van der Waals surface area contributed by atoms with Crippen LogP contribution in [0.3, 0.4) is 0 Å². The summed E-state index contributed by atoms with van der Waals surface area (Å²) in [6.45, 7) is 6.94. The van der Waals surface area contributed by atoms with Gasteiger partial charge in [0.1, 0.15) is 5.82 Å². The molecular weight excluding hydrogens is 341 g/mol. The molecule has 2 unspecified atom stereocenters. The number of guanidine groups is 1. The van der Waals surface area contributed by atoms with E-state index >= 15 is 0 Å². The Morgan fingerprint density at radius 3 is 2.76 bits per heavy atom. The number of nitrogens with zero attached hydrogens (tertiary/aromatic N) is 2. The van der Waals surface area contributed by atoms with Crippen LogP contribution in [0, 0.1) is 5.82 Å². The van der Waals surface area contributed by atoms with E-state index in [1.54, 1.807) is 19.9 Å². The van der Waals surface area contributed by atoms with Crippen LogP contribution in [0.25, 0.3) is 0 Å². The molecule has 138 valence electrons. The lowest BCUT2D eigenvalue weighted by molar-refractivity contribution is 0.352. The zero-order valence-electron chi connectivity index (χ0n) is 15.0. The van der Waals surface area contributed by atoms with E-state index in [2.05, 4.69) is 10.3 Å². The Balaban J connectivity index is 1.70. The highest BCUT2D eigenvalue weighted by Gasteiger charge is 2.44. The largest absolute Gasteiger partial charge is 0.353 e. The van der Waals surface area contributed by atoms with Crippen LogP contribution in [0.5, 0.6) is 0 Å². The Bertz CT molecular complexity index is 776.